The van der Waals surface area contributed by atoms with Gasteiger partial charge in [-0.2, -0.15) is 4.98 Å². The lowest BCUT2D eigenvalue weighted by Gasteiger charge is -2.37. The maximum Gasteiger partial charge on any atom is 0.243 e. The molecule has 0 unspecified atom stereocenters. The molecular formula is C15H25N5O2. The van der Waals surface area contributed by atoms with Gasteiger partial charge in [-0.1, -0.05) is 5.16 Å². The Morgan fingerprint density at radius 2 is 1.95 bits per heavy atom. The maximum absolute atomic E-state index is 11.6. The van der Waals surface area contributed by atoms with E-state index in [2.05, 4.69) is 26.9 Å². The van der Waals surface area contributed by atoms with E-state index >= 15 is 0 Å². The molecule has 22 heavy (non-hydrogen) atoms. The van der Waals surface area contributed by atoms with Crippen LogP contribution in [0.4, 0.5) is 0 Å². The standard InChI is InChI=1S/C15H25N5O2/c1-12(15-16-13(2)17-22-15)19-9-6-18(7-10-19)8-11-20-5-3-4-14(20)21/h12H,3-11H2,1-2H3/t12-/m1/s1. The predicted octanol–water partition coefficient (Wildman–Crippen LogP) is 0.679. The lowest BCUT2D eigenvalue weighted by atomic mass is 10.2. The summed E-state index contributed by atoms with van der Waals surface area (Å²) >= 11 is 0. The van der Waals surface area contributed by atoms with E-state index in [1.807, 2.05) is 11.8 Å². The molecule has 1 atom stereocenters. The van der Waals surface area contributed by atoms with Crippen LogP contribution < -0.4 is 0 Å². The number of nitrogens with zero attached hydrogens (tertiary/aromatic N) is 5. The third kappa shape index (κ3) is 3.47. The van der Waals surface area contributed by atoms with E-state index in [9.17, 15) is 4.79 Å². The first-order valence-corrected chi connectivity index (χ1v) is 8.18. The number of carbonyl (C=O) groups is 1. The maximum atomic E-state index is 11.6. The van der Waals surface area contributed by atoms with Gasteiger partial charge in [0.05, 0.1) is 6.04 Å². The molecule has 2 aliphatic heterocycles. The van der Waals surface area contributed by atoms with Crippen molar-refractivity contribution in [1.82, 2.24) is 24.8 Å². The summed E-state index contributed by atoms with van der Waals surface area (Å²) in [5.74, 6) is 1.71. The minimum Gasteiger partial charge on any atom is -0.341 e. The van der Waals surface area contributed by atoms with E-state index < -0.39 is 0 Å². The second-order valence-electron chi connectivity index (χ2n) is 6.22. The van der Waals surface area contributed by atoms with Gasteiger partial charge in [-0.3, -0.25) is 14.6 Å². The minimum atomic E-state index is 0.170. The fourth-order valence-electron chi connectivity index (χ4n) is 3.22. The van der Waals surface area contributed by atoms with Gasteiger partial charge >= 0.3 is 0 Å². The molecule has 2 fully saturated rings. The highest BCUT2D eigenvalue weighted by atomic mass is 16.5. The summed E-state index contributed by atoms with van der Waals surface area (Å²) in [4.78, 5) is 22.8. The van der Waals surface area contributed by atoms with E-state index in [-0.39, 0.29) is 6.04 Å². The highest BCUT2D eigenvalue weighted by molar-refractivity contribution is 5.78. The molecule has 0 aliphatic carbocycles. The van der Waals surface area contributed by atoms with Crippen molar-refractivity contribution in [2.75, 3.05) is 45.8 Å². The Bertz CT molecular complexity index is 510. The third-order valence-electron chi connectivity index (χ3n) is 4.71. The van der Waals surface area contributed by atoms with Gasteiger partial charge in [-0.15, -0.1) is 0 Å². The molecule has 2 saturated heterocycles. The molecule has 0 radical (unpaired) electrons. The largest absolute Gasteiger partial charge is 0.341 e. The van der Waals surface area contributed by atoms with Crippen molar-refractivity contribution in [2.24, 2.45) is 0 Å². The monoisotopic (exact) mass is 307 g/mol. The van der Waals surface area contributed by atoms with Crippen LogP contribution >= 0.6 is 0 Å². The van der Waals surface area contributed by atoms with E-state index in [0.29, 0.717) is 17.6 Å². The quantitative estimate of drug-likeness (QED) is 0.797. The zero-order valence-corrected chi connectivity index (χ0v) is 13.5. The second-order valence-corrected chi connectivity index (χ2v) is 6.22. The molecule has 3 rings (SSSR count). The minimum absolute atomic E-state index is 0.170. The molecule has 0 N–H and O–H groups in total. The van der Waals surface area contributed by atoms with Gasteiger partial charge in [0.15, 0.2) is 5.82 Å². The van der Waals surface area contributed by atoms with E-state index in [4.69, 9.17) is 4.52 Å². The van der Waals surface area contributed by atoms with Crippen LogP contribution in [0.2, 0.25) is 0 Å². The smallest absolute Gasteiger partial charge is 0.243 e. The molecule has 0 saturated carbocycles. The number of amides is 1. The average Bonchev–Trinajstić information content (AvgIpc) is 3.13. The number of aryl methyl sites for hydroxylation is 1. The number of rotatable bonds is 5. The van der Waals surface area contributed by atoms with Crippen LogP contribution in [0.25, 0.3) is 0 Å². The molecule has 0 spiro atoms. The van der Waals surface area contributed by atoms with Crippen molar-refractivity contribution < 1.29 is 9.32 Å². The van der Waals surface area contributed by atoms with E-state index in [1.165, 1.54) is 0 Å². The third-order valence-corrected chi connectivity index (χ3v) is 4.71. The molecule has 0 aromatic carbocycles. The first-order valence-electron chi connectivity index (χ1n) is 8.18. The van der Waals surface area contributed by atoms with Crippen molar-refractivity contribution in [3.8, 4) is 0 Å². The zero-order valence-electron chi connectivity index (χ0n) is 13.5. The zero-order chi connectivity index (χ0) is 15.5. The van der Waals surface area contributed by atoms with Gasteiger partial charge in [0.25, 0.3) is 0 Å². The van der Waals surface area contributed by atoms with Crippen LogP contribution in [-0.2, 0) is 4.79 Å². The summed E-state index contributed by atoms with van der Waals surface area (Å²) in [6.07, 6.45) is 1.75. The summed E-state index contributed by atoms with van der Waals surface area (Å²) in [5.41, 5.74) is 0. The van der Waals surface area contributed by atoms with Gasteiger partial charge < -0.3 is 9.42 Å². The molecule has 7 nitrogen and oxygen atoms in total. The first kappa shape index (κ1) is 15.4. The fourth-order valence-corrected chi connectivity index (χ4v) is 3.22. The van der Waals surface area contributed by atoms with Gasteiger partial charge in [0, 0.05) is 52.2 Å². The van der Waals surface area contributed by atoms with Crippen LogP contribution in [0, 0.1) is 6.92 Å². The Balaban J connectivity index is 1.43. The van der Waals surface area contributed by atoms with E-state index in [0.717, 1.165) is 58.7 Å². The topological polar surface area (TPSA) is 65.7 Å². The van der Waals surface area contributed by atoms with Crippen molar-refractivity contribution in [1.29, 1.82) is 0 Å². The number of hydrogen-bond acceptors (Lipinski definition) is 6. The van der Waals surface area contributed by atoms with Crippen LogP contribution in [0.3, 0.4) is 0 Å². The Labute approximate surface area is 131 Å². The van der Waals surface area contributed by atoms with Gasteiger partial charge in [-0.05, 0) is 20.3 Å². The Morgan fingerprint density at radius 3 is 2.55 bits per heavy atom. The highest BCUT2D eigenvalue weighted by Gasteiger charge is 2.26. The average molecular weight is 307 g/mol. The lowest BCUT2D eigenvalue weighted by molar-refractivity contribution is -0.127. The number of likely N-dealkylation sites (tertiary alicyclic amines) is 1. The molecule has 3 heterocycles. The first-order chi connectivity index (χ1) is 10.6. The summed E-state index contributed by atoms with van der Waals surface area (Å²) in [6, 6.07) is 0.170. The van der Waals surface area contributed by atoms with Crippen molar-refractivity contribution >= 4 is 5.91 Å². The molecule has 122 valence electrons. The van der Waals surface area contributed by atoms with Gasteiger partial charge in [0.1, 0.15) is 0 Å². The highest BCUT2D eigenvalue weighted by Crippen LogP contribution is 2.20. The van der Waals surface area contributed by atoms with Crippen LogP contribution in [0.5, 0.6) is 0 Å². The molecule has 1 amide bonds. The molecule has 1 aromatic rings. The number of piperazine rings is 1. The lowest BCUT2D eigenvalue weighted by Crippen LogP contribution is -2.49. The second kappa shape index (κ2) is 6.75. The Morgan fingerprint density at radius 1 is 1.18 bits per heavy atom. The molecule has 0 bridgehead atoms. The molecule has 2 aliphatic rings. The van der Waals surface area contributed by atoms with E-state index in [1.54, 1.807) is 0 Å². The van der Waals surface area contributed by atoms with Gasteiger partial charge in [-0.25, -0.2) is 0 Å². The van der Waals surface area contributed by atoms with Crippen molar-refractivity contribution in [2.45, 2.75) is 32.7 Å². The Hall–Kier alpha value is -1.47. The SMILES string of the molecule is Cc1noc([C@@H](C)N2CCN(CCN3CCCC3=O)CC2)n1. The summed E-state index contributed by atoms with van der Waals surface area (Å²) in [7, 11) is 0. The fraction of sp³-hybridized carbons (Fsp3) is 0.800. The van der Waals surface area contributed by atoms with Crippen molar-refractivity contribution in [3.05, 3.63) is 11.7 Å². The van der Waals surface area contributed by atoms with Crippen LogP contribution in [0.1, 0.15) is 37.5 Å². The summed E-state index contributed by atoms with van der Waals surface area (Å²) in [6.45, 7) is 10.8. The van der Waals surface area contributed by atoms with Crippen molar-refractivity contribution in [3.63, 3.8) is 0 Å². The van der Waals surface area contributed by atoms with Gasteiger partial charge in [0.2, 0.25) is 11.8 Å². The van der Waals surface area contributed by atoms with Crippen LogP contribution in [0.15, 0.2) is 4.52 Å². The number of aromatic nitrogens is 2. The summed E-state index contributed by atoms with van der Waals surface area (Å²) in [5, 5.41) is 3.87. The number of hydrogen-bond donors (Lipinski definition) is 0. The molecule has 7 heteroatoms. The number of carbonyl (C=O) groups excluding carboxylic acids is 1. The van der Waals surface area contributed by atoms with Crippen LogP contribution in [-0.4, -0.2) is 76.6 Å². The Kier molecular flexibility index (Phi) is 4.73. The molecular weight excluding hydrogens is 282 g/mol. The predicted molar refractivity (Wildman–Crippen MR) is 81.3 cm³/mol. The molecule has 1 aromatic heterocycles. The normalized spacial score (nSPS) is 22.5. The summed E-state index contributed by atoms with van der Waals surface area (Å²) < 4.78 is 5.27.